The first kappa shape index (κ1) is 12.0. The molecule has 0 fully saturated rings. The van der Waals surface area contributed by atoms with Crippen LogP contribution in [0, 0.1) is 12.3 Å². The van der Waals surface area contributed by atoms with Crippen LogP contribution < -0.4 is 5.73 Å². The van der Waals surface area contributed by atoms with Crippen molar-refractivity contribution in [2.24, 2.45) is 10.7 Å². The summed E-state index contributed by atoms with van der Waals surface area (Å²) in [5.41, 5.74) is 5.55. The number of hydrogen-bond acceptors (Lipinski definition) is 4. The molecule has 0 radical (unpaired) electrons. The molecule has 0 bridgehead atoms. The van der Waals surface area contributed by atoms with Gasteiger partial charge in [-0.1, -0.05) is 5.92 Å². The molecule has 1 heterocycles. The van der Waals surface area contributed by atoms with E-state index >= 15 is 0 Å². The van der Waals surface area contributed by atoms with Crippen molar-refractivity contribution in [2.45, 2.75) is 19.4 Å². The van der Waals surface area contributed by atoms with Crippen LogP contribution in [0.25, 0.3) is 0 Å². The predicted molar refractivity (Wildman–Crippen MR) is 57.6 cm³/mol. The van der Waals surface area contributed by atoms with E-state index in [2.05, 4.69) is 10.9 Å². The standard InChI is InChI=1S/C10H13N3O3/c1-3-5-13-7(6-8(14)16-4-2)9(11)12-10(13)15/h1,7H,4-6H2,2H3,(H2,11,12,15). The summed E-state index contributed by atoms with van der Waals surface area (Å²) in [5, 5.41) is 0. The second kappa shape index (κ2) is 5.16. The summed E-state index contributed by atoms with van der Waals surface area (Å²) < 4.78 is 4.77. The maximum atomic E-state index is 11.3. The number of nitrogens with two attached hydrogens (primary N) is 1. The van der Waals surface area contributed by atoms with Crippen LogP contribution in [0.2, 0.25) is 0 Å². The van der Waals surface area contributed by atoms with E-state index in [9.17, 15) is 9.59 Å². The summed E-state index contributed by atoms with van der Waals surface area (Å²) in [4.78, 5) is 27.4. The third-order valence-electron chi connectivity index (χ3n) is 2.12. The quantitative estimate of drug-likeness (QED) is 0.525. The monoisotopic (exact) mass is 223 g/mol. The van der Waals surface area contributed by atoms with E-state index in [0.29, 0.717) is 0 Å². The van der Waals surface area contributed by atoms with Gasteiger partial charge in [-0.25, -0.2) is 4.79 Å². The zero-order valence-corrected chi connectivity index (χ0v) is 8.97. The van der Waals surface area contributed by atoms with E-state index in [4.69, 9.17) is 16.9 Å². The van der Waals surface area contributed by atoms with E-state index in [1.54, 1.807) is 6.92 Å². The molecular weight excluding hydrogens is 210 g/mol. The number of terminal acetylenes is 1. The Labute approximate surface area is 93.4 Å². The second-order valence-corrected chi connectivity index (χ2v) is 3.18. The molecule has 2 N–H and O–H groups in total. The third-order valence-corrected chi connectivity index (χ3v) is 2.12. The van der Waals surface area contributed by atoms with Crippen molar-refractivity contribution < 1.29 is 14.3 Å². The topological polar surface area (TPSA) is 85.0 Å². The number of esters is 1. The summed E-state index contributed by atoms with van der Waals surface area (Å²) in [5.74, 6) is 2.00. The maximum absolute atomic E-state index is 11.3. The molecule has 1 unspecified atom stereocenters. The molecule has 0 aliphatic carbocycles. The fraction of sp³-hybridized carbons (Fsp3) is 0.500. The molecule has 16 heavy (non-hydrogen) atoms. The number of nitrogens with zero attached hydrogens (tertiary/aromatic N) is 2. The van der Waals surface area contributed by atoms with Gasteiger partial charge < -0.3 is 15.4 Å². The first-order valence-corrected chi connectivity index (χ1v) is 4.83. The fourth-order valence-corrected chi connectivity index (χ4v) is 1.41. The average molecular weight is 223 g/mol. The molecule has 1 rings (SSSR count). The summed E-state index contributed by atoms with van der Waals surface area (Å²) in [6.07, 6.45) is 5.10. The van der Waals surface area contributed by atoms with Gasteiger partial charge in [0.1, 0.15) is 11.9 Å². The minimum Gasteiger partial charge on any atom is -0.466 e. The van der Waals surface area contributed by atoms with Crippen molar-refractivity contribution in [3.05, 3.63) is 0 Å². The molecule has 2 amide bonds. The maximum Gasteiger partial charge on any atom is 0.346 e. The van der Waals surface area contributed by atoms with E-state index in [-0.39, 0.29) is 25.4 Å². The lowest BCUT2D eigenvalue weighted by Crippen LogP contribution is -2.42. The smallest absolute Gasteiger partial charge is 0.346 e. The summed E-state index contributed by atoms with van der Waals surface area (Å²) in [6, 6.07) is -1.09. The van der Waals surface area contributed by atoms with Crippen molar-refractivity contribution >= 4 is 17.8 Å². The number of urea groups is 1. The Balaban J connectivity index is 2.69. The summed E-state index contributed by atoms with van der Waals surface area (Å²) >= 11 is 0. The van der Waals surface area contributed by atoms with E-state index in [0.717, 1.165) is 0 Å². The van der Waals surface area contributed by atoms with Crippen LogP contribution in [-0.2, 0) is 9.53 Å². The fourth-order valence-electron chi connectivity index (χ4n) is 1.41. The van der Waals surface area contributed by atoms with Gasteiger partial charge in [-0.3, -0.25) is 4.79 Å². The number of rotatable bonds is 4. The van der Waals surface area contributed by atoms with Gasteiger partial charge in [-0.15, -0.1) is 6.42 Å². The van der Waals surface area contributed by atoms with Crippen LogP contribution >= 0.6 is 0 Å². The van der Waals surface area contributed by atoms with Crippen molar-refractivity contribution in [3.8, 4) is 12.3 Å². The van der Waals surface area contributed by atoms with Crippen LogP contribution in [0.15, 0.2) is 4.99 Å². The van der Waals surface area contributed by atoms with Crippen LogP contribution in [-0.4, -0.2) is 41.9 Å². The van der Waals surface area contributed by atoms with Gasteiger partial charge in [-0.05, 0) is 6.92 Å². The number of amidine groups is 1. The Morgan fingerprint density at radius 3 is 3.00 bits per heavy atom. The predicted octanol–water partition coefficient (Wildman–Crippen LogP) is -0.266. The van der Waals surface area contributed by atoms with Crippen LogP contribution in [0.5, 0.6) is 0 Å². The molecule has 86 valence electrons. The van der Waals surface area contributed by atoms with Crippen molar-refractivity contribution in [3.63, 3.8) is 0 Å². The molecule has 0 aromatic rings. The van der Waals surface area contributed by atoms with Crippen LogP contribution in [0.1, 0.15) is 13.3 Å². The SMILES string of the molecule is C#CCN1C(=O)N=C(N)C1CC(=O)OCC. The van der Waals surface area contributed by atoms with E-state index in [1.165, 1.54) is 4.90 Å². The van der Waals surface area contributed by atoms with Crippen LogP contribution in [0.4, 0.5) is 4.79 Å². The van der Waals surface area contributed by atoms with E-state index in [1.807, 2.05) is 0 Å². The first-order chi connectivity index (χ1) is 7.60. The number of aliphatic imine (C=N–C) groups is 1. The number of ether oxygens (including phenoxy) is 1. The number of carbonyl (C=O) groups is 2. The largest absolute Gasteiger partial charge is 0.466 e. The highest BCUT2D eigenvalue weighted by Gasteiger charge is 2.34. The summed E-state index contributed by atoms with van der Waals surface area (Å²) in [6.45, 7) is 2.06. The van der Waals surface area contributed by atoms with E-state index < -0.39 is 18.0 Å². The Hall–Kier alpha value is -2.03. The number of carbonyl (C=O) groups excluding carboxylic acids is 2. The number of amides is 2. The molecule has 6 heteroatoms. The molecule has 0 spiro atoms. The van der Waals surface area contributed by atoms with Gasteiger partial charge in [-0.2, -0.15) is 4.99 Å². The molecule has 0 saturated heterocycles. The van der Waals surface area contributed by atoms with Gasteiger partial charge in [0.2, 0.25) is 0 Å². The van der Waals surface area contributed by atoms with Crippen molar-refractivity contribution in [1.82, 2.24) is 4.90 Å². The highest BCUT2D eigenvalue weighted by Crippen LogP contribution is 2.14. The minimum absolute atomic E-state index is 0.0173. The summed E-state index contributed by atoms with van der Waals surface area (Å²) in [7, 11) is 0. The zero-order chi connectivity index (χ0) is 12.1. The second-order valence-electron chi connectivity index (χ2n) is 3.18. The van der Waals surface area contributed by atoms with Gasteiger partial charge in [0, 0.05) is 0 Å². The highest BCUT2D eigenvalue weighted by molar-refractivity contribution is 6.04. The molecule has 0 aromatic carbocycles. The zero-order valence-electron chi connectivity index (χ0n) is 8.97. The van der Waals surface area contributed by atoms with Gasteiger partial charge in [0.15, 0.2) is 0 Å². The van der Waals surface area contributed by atoms with Crippen molar-refractivity contribution in [1.29, 1.82) is 0 Å². The molecule has 1 aliphatic heterocycles. The molecular formula is C10H13N3O3. The molecule has 1 aliphatic rings. The lowest BCUT2D eigenvalue weighted by Gasteiger charge is -2.20. The minimum atomic E-state index is -0.581. The Bertz CT molecular complexity index is 370. The van der Waals surface area contributed by atoms with Gasteiger partial charge >= 0.3 is 12.0 Å². The first-order valence-electron chi connectivity index (χ1n) is 4.83. The average Bonchev–Trinajstić information content (AvgIpc) is 2.46. The Kier molecular flexibility index (Phi) is 3.89. The van der Waals surface area contributed by atoms with Gasteiger partial charge in [0.25, 0.3) is 0 Å². The normalized spacial score (nSPS) is 19.2. The number of hydrogen-bond donors (Lipinski definition) is 1. The van der Waals surface area contributed by atoms with Crippen molar-refractivity contribution in [2.75, 3.05) is 13.2 Å². The third kappa shape index (κ3) is 2.51. The lowest BCUT2D eigenvalue weighted by molar-refractivity contribution is -0.143. The molecule has 6 nitrogen and oxygen atoms in total. The molecule has 0 aromatic heterocycles. The Morgan fingerprint density at radius 2 is 2.44 bits per heavy atom. The highest BCUT2D eigenvalue weighted by atomic mass is 16.5. The van der Waals surface area contributed by atoms with Gasteiger partial charge in [0.05, 0.1) is 19.6 Å². The molecule has 0 saturated carbocycles. The lowest BCUT2D eigenvalue weighted by atomic mass is 10.2. The van der Waals surface area contributed by atoms with Crippen LogP contribution in [0.3, 0.4) is 0 Å². The molecule has 1 atom stereocenters. The Morgan fingerprint density at radius 1 is 1.75 bits per heavy atom.